The Hall–Kier alpha value is -18.8. The topological polar surface area (TPSA) is 517 Å². The first-order valence-corrected chi connectivity index (χ1v) is 47.1. The Balaban J connectivity index is 0.000000134. The highest BCUT2D eigenvalue weighted by atomic mass is 16.5. The minimum Gasteiger partial charge on any atom is -0.497 e. The van der Waals surface area contributed by atoms with Crippen LogP contribution >= 0.6 is 0 Å². The average Bonchev–Trinajstić information content (AvgIpc) is 1.63. The Kier molecular flexibility index (Phi) is 29.1. The van der Waals surface area contributed by atoms with Crippen molar-refractivity contribution < 1.29 is 81.3 Å². The predicted octanol–water partition coefficient (Wildman–Crippen LogP) is 6.22. The Labute approximate surface area is 843 Å². The number of H-pyrrole nitrogens is 1. The number of aliphatic imine (C=N–C) groups is 2. The average molecular weight is 1980 g/mol. The van der Waals surface area contributed by atoms with Gasteiger partial charge in [-0.15, -0.1) is 0 Å². The van der Waals surface area contributed by atoms with Gasteiger partial charge in [-0.2, -0.15) is 15.6 Å². The van der Waals surface area contributed by atoms with Crippen LogP contribution in [0.4, 0.5) is 32.5 Å². The number of guanidine groups is 2. The minimum absolute atomic E-state index is 0.00609. The minimum atomic E-state index is -1.58. The first kappa shape index (κ1) is 99.8. The molecule has 8 aromatic carbocycles. The molecule has 1 aliphatic carbocycles. The lowest BCUT2D eigenvalue weighted by Gasteiger charge is -2.35. The second-order valence-electron chi connectivity index (χ2n) is 36.2. The number of amides is 15. The fourth-order valence-corrected chi connectivity index (χ4v) is 18.2. The van der Waals surface area contributed by atoms with Gasteiger partial charge in [-0.1, -0.05) is 90.7 Å². The van der Waals surface area contributed by atoms with E-state index in [4.69, 9.17) is 29.9 Å². The van der Waals surface area contributed by atoms with E-state index in [2.05, 4.69) is 132 Å². The summed E-state index contributed by atoms with van der Waals surface area (Å²) >= 11 is 0. The van der Waals surface area contributed by atoms with Crippen LogP contribution in [0.2, 0.25) is 0 Å². The van der Waals surface area contributed by atoms with Crippen LogP contribution in [0.3, 0.4) is 0 Å². The van der Waals surface area contributed by atoms with Crippen molar-refractivity contribution in [2.75, 3.05) is 110 Å². The van der Waals surface area contributed by atoms with Crippen LogP contribution in [-0.2, 0) is 59.7 Å². The first-order chi connectivity index (χ1) is 71.0. The molecule has 0 bridgehead atoms. The fraction of sp³-hybridized carbons (Fsp3) is 0.290. The number of nitrogens with zero attached hydrogens (tertiary/aromatic N) is 12. The van der Waals surface area contributed by atoms with E-state index in [1.165, 1.54) is 38.2 Å². The van der Waals surface area contributed by atoms with Crippen molar-refractivity contribution in [2.24, 2.45) is 20.8 Å². The maximum atomic E-state index is 13.1. The van der Waals surface area contributed by atoms with E-state index in [9.17, 15) is 67.6 Å². The molecule has 11 aliphatic rings. The standard InChI is InChI=1S/C30H31N7O4.C27H24N6O4.C26H24N4O5.C24H20N6O4/c1-3-35-12-14-36(15-13-35)29(32-20-31)33-23-7-4-21(5-8-23)10-11-30(17-26(38)34-28(30)40)19-37-18-22-6-9-24(41-2)16-25(22)27(37)39;1-37-21-9-4-18-14-33(24(35)22(18)12-21)15-27(13-23(34)32-25(27)36)11-10-17-2-5-19(6-3-17)30-26(29-16-28)31-20-7-8-20;1-35-20-10-7-18-15-29(23(32)21(18)14-20)16-26(24(33)27-25(34)28-26)12-11-17-5-8-19(9-6-17)30-13-3-2-4-22(30)31;1-34-17-7-6-16-12-30(21(31)18(16)10-17)13-24(22(32)27-23(33)28-24)9-8-14-2-4-15(5-3-14)19-11-26-29-20(19)25/h4-9,16H,3,12-15,17-19H2,1-2H3,(H,32,33)(H,34,38,40);2-6,9,12,20H,7-8,13-15H2,1H3,(H2,29,30,31)(H,32,34,36);5-10,14H,2-4,13,15-16H2,1H3,(H2,27,28,33,34);2-7,10-11H,12-13H2,1H3,(H3,25,26,29)(H2,27,28,32,33)/t30-;27-;26-;24-/m1111/s1. The molecular weight excluding hydrogens is 1880 g/mol. The first-order valence-electron chi connectivity index (χ1n) is 47.1. The van der Waals surface area contributed by atoms with Gasteiger partial charge < -0.3 is 74.9 Å². The van der Waals surface area contributed by atoms with Crippen molar-refractivity contribution in [2.45, 2.75) is 95.2 Å². The molecule has 40 nitrogen and oxygen atoms in total. The number of carbonyl (C=O) groups excluding carboxylic acids is 13. The molecule has 744 valence electrons. The molecule has 7 fully saturated rings. The third kappa shape index (κ3) is 22.3. The molecule has 9 aromatic rings. The molecule has 0 spiro atoms. The van der Waals surface area contributed by atoms with Crippen LogP contribution < -0.4 is 77.4 Å². The monoisotopic (exact) mass is 1980 g/mol. The van der Waals surface area contributed by atoms with Crippen molar-refractivity contribution in [3.05, 3.63) is 243 Å². The van der Waals surface area contributed by atoms with Crippen LogP contribution in [-0.4, -0.2) is 240 Å². The highest BCUT2D eigenvalue weighted by Gasteiger charge is 2.53. The number of imide groups is 4. The van der Waals surface area contributed by atoms with Gasteiger partial charge in [-0.25, -0.2) is 19.6 Å². The van der Waals surface area contributed by atoms with Crippen molar-refractivity contribution >= 4 is 112 Å². The summed E-state index contributed by atoms with van der Waals surface area (Å²) in [5.41, 5.74) is 11.6. The summed E-state index contributed by atoms with van der Waals surface area (Å²) in [6, 6.07) is 48.6. The number of hydrogen-bond donors (Lipinski definition) is 11. The summed E-state index contributed by atoms with van der Waals surface area (Å²) in [6.45, 7) is 8.17. The number of urea groups is 2. The van der Waals surface area contributed by atoms with Crippen LogP contribution in [0.25, 0.3) is 11.1 Å². The van der Waals surface area contributed by atoms with Crippen molar-refractivity contribution in [1.29, 1.82) is 10.5 Å². The summed E-state index contributed by atoms with van der Waals surface area (Å²) < 4.78 is 20.9. The fourth-order valence-electron chi connectivity index (χ4n) is 18.2. The lowest BCUT2D eigenvalue weighted by atomic mass is 9.85. The van der Waals surface area contributed by atoms with Crippen LogP contribution in [0.5, 0.6) is 23.0 Å². The predicted molar refractivity (Wildman–Crippen MR) is 534 cm³/mol. The third-order valence-electron chi connectivity index (χ3n) is 26.4. The van der Waals surface area contributed by atoms with Crippen LogP contribution in [0.1, 0.15) is 138 Å². The maximum absolute atomic E-state index is 13.1. The highest BCUT2D eigenvalue weighted by molar-refractivity contribution is 6.13. The number of anilines is 3. The summed E-state index contributed by atoms with van der Waals surface area (Å²) in [6.07, 6.45) is 9.67. The number of methoxy groups -OCH3 is 4. The van der Waals surface area contributed by atoms with E-state index in [-0.39, 0.29) is 74.6 Å². The number of likely N-dealkylation sites (N-methyl/N-ethyl adjacent to an activating group) is 1. The van der Waals surface area contributed by atoms with E-state index >= 15 is 0 Å². The third-order valence-corrected chi connectivity index (χ3v) is 26.4. The van der Waals surface area contributed by atoms with E-state index in [1.54, 1.807) is 142 Å². The summed E-state index contributed by atoms with van der Waals surface area (Å²) in [7, 11) is 6.12. The number of rotatable bonds is 18. The molecule has 15 amide bonds. The number of hydrogen-bond acceptors (Lipinski definition) is 24. The van der Waals surface area contributed by atoms with Crippen LogP contribution in [0.15, 0.2) is 186 Å². The van der Waals surface area contributed by atoms with Crippen molar-refractivity contribution in [3.8, 4) is 93.9 Å². The van der Waals surface area contributed by atoms with Gasteiger partial charge in [0.2, 0.25) is 52.5 Å². The molecule has 20 rings (SSSR count). The number of piperazine rings is 1. The van der Waals surface area contributed by atoms with Crippen molar-refractivity contribution in [1.82, 2.24) is 82.1 Å². The summed E-state index contributed by atoms with van der Waals surface area (Å²) in [5.74, 6) is 23.5. The van der Waals surface area contributed by atoms with Crippen molar-refractivity contribution in [3.63, 3.8) is 0 Å². The second kappa shape index (κ2) is 42.9. The number of nitriles is 2. The maximum Gasteiger partial charge on any atom is 0.323 e. The van der Waals surface area contributed by atoms with Gasteiger partial charge in [-0.05, 0) is 194 Å². The number of benzene rings is 8. The van der Waals surface area contributed by atoms with E-state index in [0.29, 0.717) is 136 Å². The molecule has 11 heterocycles. The quantitative estimate of drug-likeness (QED) is 0.00863. The van der Waals surface area contributed by atoms with Gasteiger partial charge >= 0.3 is 12.1 Å². The number of ether oxygens (including phenoxy) is 4. The number of aromatic nitrogens is 2. The zero-order valence-electron chi connectivity index (χ0n) is 80.6. The normalized spacial score (nSPS) is 20.3. The number of fused-ring (bicyclic) bond motifs is 4. The van der Waals surface area contributed by atoms with Gasteiger partial charge in [-0.3, -0.25) is 89.7 Å². The number of aromatic amines is 1. The van der Waals surface area contributed by atoms with Gasteiger partial charge in [0.25, 0.3) is 35.4 Å². The van der Waals surface area contributed by atoms with Gasteiger partial charge in [0.1, 0.15) is 39.6 Å². The number of carbonyl (C=O) groups is 13. The second-order valence-corrected chi connectivity index (χ2v) is 36.2. The Morgan fingerprint density at radius 3 is 1.26 bits per heavy atom. The molecule has 4 atom stereocenters. The zero-order chi connectivity index (χ0) is 103. The summed E-state index contributed by atoms with van der Waals surface area (Å²) in [5, 5.41) is 47.5. The smallest absolute Gasteiger partial charge is 0.323 e. The van der Waals surface area contributed by atoms with Crippen LogP contribution in [0, 0.1) is 81.1 Å². The molecule has 1 saturated carbocycles. The Bertz CT molecular complexity index is 7300. The van der Waals surface area contributed by atoms with E-state index in [1.807, 2.05) is 60.9 Å². The lowest BCUT2D eigenvalue weighted by Crippen LogP contribution is -2.54. The van der Waals surface area contributed by atoms with E-state index in [0.717, 1.165) is 97.5 Å². The van der Waals surface area contributed by atoms with Gasteiger partial charge in [0, 0.05) is 140 Å². The summed E-state index contributed by atoms with van der Waals surface area (Å²) in [4.78, 5) is 185. The lowest BCUT2D eigenvalue weighted by molar-refractivity contribution is -0.128. The zero-order valence-corrected chi connectivity index (χ0v) is 80.6. The van der Waals surface area contributed by atoms with Gasteiger partial charge in [0.05, 0.1) is 72.3 Å². The largest absolute Gasteiger partial charge is 0.497 e. The number of nitrogens with two attached hydrogens (primary N) is 1. The van der Waals surface area contributed by atoms with Gasteiger partial charge in [0.15, 0.2) is 12.4 Å². The number of nitrogens with one attached hydrogen (secondary N) is 10. The molecule has 12 N–H and O–H groups in total. The number of piperidine rings is 1. The molecule has 0 unspecified atom stereocenters. The SMILES string of the molecule is CCN1CCN(C(=Nc2ccc(C#C[C@]3(CN4Cc5ccc(OC)cc5C4=O)CC(=O)NC3=O)cc2)NC#N)CC1.COc1ccc2c(c1)C(=O)N(C[C@@]1(C#Cc3ccc(-c4cn[nH]c4N)cc3)NC(=O)NC1=O)C2.COc1ccc2c(c1)C(=O)N(C[C@@]1(C#Cc3ccc(N4CCCCC4=O)cc3)NC(=O)NC1=O)C2.COc1ccc2c(c1)C(=O)N(C[C@@]1(C#Cc3ccc(NC(=NC4CC4)NC#N)cc3)CC(=O)NC1=O)C2. The number of nitrogen functional groups attached to an aromatic ring is 1. The molecule has 1 aromatic heterocycles. The molecule has 40 heteroatoms. The highest BCUT2D eigenvalue weighted by Crippen LogP contribution is 2.39. The molecule has 10 aliphatic heterocycles. The molecule has 0 radical (unpaired) electrons. The van der Waals surface area contributed by atoms with E-state index < -0.39 is 69.4 Å². The Morgan fingerprint density at radius 1 is 0.469 bits per heavy atom. The molecule has 147 heavy (non-hydrogen) atoms. The molecular formula is C107H99N23O17. The molecule has 6 saturated heterocycles. The Morgan fingerprint density at radius 2 is 0.884 bits per heavy atom.